The Bertz CT molecular complexity index is 680. The van der Waals surface area contributed by atoms with Crippen LogP contribution in [-0.2, 0) is 4.74 Å². The van der Waals surface area contributed by atoms with Gasteiger partial charge in [0.15, 0.2) is 5.76 Å². The van der Waals surface area contributed by atoms with Crippen molar-refractivity contribution in [3.8, 4) is 0 Å². The summed E-state index contributed by atoms with van der Waals surface area (Å²) in [6.07, 6.45) is 3.02. The van der Waals surface area contributed by atoms with E-state index in [9.17, 15) is 9.90 Å². The molecule has 0 radical (unpaired) electrons. The zero-order valence-electron chi connectivity index (χ0n) is 16.9. The lowest BCUT2D eigenvalue weighted by Gasteiger charge is -2.29. The van der Waals surface area contributed by atoms with Crippen LogP contribution in [0.2, 0.25) is 0 Å². The molecule has 1 rings (SSSR count). The van der Waals surface area contributed by atoms with E-state index in [0.717, 1.165) is 5.56 Å². The predicted molar refractivity (Wildman–Crippen MR) is 107 cm³/mol. The molecule has 0 aliphatic heterocycles. The Kier molecular flexibility index (Phi) is 7.88. The molecule has 0 aliphatic rings. The maximum Gasteiger partial charge on any atom is 0.416 e. The van der Waals surface area contributed by atoms with E-state index < -0.39 is 11.7 Å². The highest BCUT2D eigenvalue weighted by Crippen LogP contribution is 2.26. The van der Waals surface area contributed by atoms with E-state index in [1.165, 1.54) is 0 Å². The molecule has 26 heavy (non-hydrogen) atoms. The fourth-order valence-electron chi connectivity index (χ4n) is 2.72. The van der Waals surface area contributed by atoms with Crippen LogP contribution in [0.25, 0.3) is 5.57 Å². The van der Waals surface area contributed by atoms with Crippen molar-refractivity contribution >= 4 is 11.7 Å². The van der Waals surface area contributed by atoms with Gasteiger partial charge < -0.3 is 14.7 Å². The maximum atomic E-state index is 12.6. The lowest BCUT2D eigenvalue weighted by atomic mass is 9.92. The molecule has 0 saturated carbocycles. The van der Waals surface area contributed by atoms with Gasteiger partial charge in [-0.2, -0.15) is 0 Å². The maximum absolute atomic E-state index is 12.6. The van der Waals surface area contributed by atoms with Crippen LogP contribution in [0.1, 0.15) is 54.0 Å². The summed E-state index contributed by atoms with van der Waals surface area (Å²) < 4.78 is 5.60. The van der Waals surface area contributed by atoms with Crippen molar-refractivity contribution in [3.63, 3.8) is 0 Å². The molecule has 0 spiro atoms. The summed E-state index contributed by atoms with van der Waals surface area (Å²) >= 11 is 0. The van der Waals surface area contributed by atoms with Gasteiger partial charge in [0.05, 0.1) is 5.60 Å². The molecule has 4 nitrogen and oxygen atoms in total. The molecule has 0 unspecified atom stereocenters. The van der Waals surface area contributed by atoms with Crippen LogP contribution in [0.15, 0.2) is 54.0 Å². The van der Waals surface area contributed by atoms with Gasteiger partial charge in [0.1, 0.15) is 0 Å². The Morgan fingerprint density at radius 1 is 1.15 bits per heavy atom. The van der Waals surface area contributed by atoms with Crippen LogP contribution < -0.4 is 0 Å². The lowest BCUT2D eigenvalue weighted by Crippen LogP contribution is -2.42. The first kappa shape index (κ1) is 21.8. The lowest BCUT2D eigenvalue weighted by molar-refractivity contribution is 0.104. The van der Waals surface area contributed by atoms with Gasteiger partial charge in [0.25, 0.3) is 0 Å². The smallest absolute Gasteiger partial charge is 0.402 e. The van der Waals surface area contributed by atoms with Crippen LogP contribution >= 0.6 is 0 Å². The van der Waals surface area contributed by atoms with Crippen molar-refractivity contribution in [1.29, 1.82) is 0 Å². The highest BCUT2D eigenvalue weighted by atomic mass is 16.6. The average molecular weight is 357 g/mol. The molecule has 0 fully saturated rings. The molecule has 1 aromatic rings. The predicted octanol–water partition coefficient (Wildman–Crippen LogP) is 5.16. The number of rotatable bonds is 6. The second-order valence-electron chi connectivity index (χ2n) is 7.25. The molecule has 142 valence electrons. The fourth-order valence-corrected chi connectivity index (χ4v) is 2.72. The number of carbonyl (C=O) groups excluding carboxylic acids is 1. The Hall–Kier alpha value is -2.29. The average Bonchev–Trinajstić information content (AvgIpc) is 2.51. The Labute approximate surface area is 157 Å². The summed E-state index contributed by atoms with van der Waals surface area (Å²) in [6.45, 7) is 13.0. The fraction of sp³-hybridized carbons (Fsp3) is 0.455. The van der Waals surface area contributed by atoms with Gasteiger partial charge in [0.2, 0.25) is 0 Å². The van der Waals surface area contributed by atoms with E-state index in [2.05, 4.69) is 5.73 Å². The zero-order valence-corrected chi connectivity index (χ0v) is 16.9. The molecule has 4 heteroatoms. The standard InChI is InChI=1S/C22H31NO3/c1-8-12-19(26-21(24)23(16(2)3)17(4)5)15-20(22(6,7)25)18-13-10-9-11-14-18/h8-14,16-17,25H,1-7H3/b12-8+. The van der Waals surface area contributed by atoms with Gasteiger partial charge >= 0.3 is 6.09 Å². The zero-order chi connectivity index (χ0) is 19.9. The first-order chi connectivity index (χ1) is 12.1. The summed E-state index contributed by atoms with van der Waals surface area (Å²) in [5.74, 6) is 0.268. The second kappa shape index (κ2) is 9.42. The van der Waals surface area contributed by atoms with Crippen molar-refractivity contribution in [2.24, 2.45) is 0 Å². The number of ether oxygens (including phenoxy) is 1. The molecule has 1 N–H and O–H groups in total. The summed E-state index contributed by atoms with van der Waals surface area (Å²) in [4.78, 5) is 14.3. The van der Waals surface area contributed by atoms with Crippen molar-refractivity contribution < 1.29 is 14.6 Å². The highest BCUT2D eigenvalue weighted by molar-refractivity contribution is 5.73. The van der Waals surface area contributed by atoms with Crippen LogP contribution in [0.5, 0.6) is 0 Å². The molecule has 0 saturated heterocycles. The number of allylic oxidation sites excluding steroid dienone is 1. The largest absolute Gasteiger partial charge is 0.416 e. The number of carbonyl (C=O) groups is 1. The normalized spacial score (nSPS) is 11.6. The Morgan fingerprint density at radius 2 is 1.69 bits per heavy atom. The topological polar surface area (TPSA) is 49.8 Å². The van der Waals surface area contributed by atoms with E-state index in [1.54, 1.807) is 30.9 Å². The van der Waals surface area contributed by atoms with E-state index in [1.807, 2.05) is 65.0 Å². The van der Waals surface area contributed by atoms with Crippen molar-refractivity contribution in [1.82, 2.24) is 4.90 Å². The third-order valence-corrected chi connectivity index (χ3v) is 3.76. The quantitative estimate of drug-likeness (QED) is 0.435. The minimum atomic E-state index is -1.14. The third kappa shape index (κ3) is 6.21. The van der Waals surface area contributed by atoms with Gasteiger partial charge in [-0.3, -0.25) is 0 Å². The van der Waals surface area contributed by atoms with Gasteiger partial charge in [-0.1, -0.05) is 42.1 Å². The highest BCUT2D eigenvalue weighted by Gasteiger charge is 2.24. The molecule has 0 aromatic heterocycles. The minimum Gasteiger partial charge on any atom is -0.402 e. The minimum absolute atomic E-state index is 0.0150. The van der Waals surface area contributed by atoms with Gasteiger partial charge in [0, 0.05) is 17.7 Å². The molecule has 1 amide bonds. The summed E-state index contributed by atoms with van der Waals surface area (Å²) in [7, 11) is 0. The summed E-state index contributed by atoms with van der Waals surface area (Å²) in [6, 6.07) is 9.51. The van der Waals surface area contributed by atoms with Crippen LogP contribution in [0, 0.1) is 0 Å². The Balaban J connectivity index is 3.43. The van der Waals surface area contributed by atoms with Crippen molar-refractivity contribution in [2.75, 3.05) is 0 Å². The number of hydrogen-bond acceptors (Lipinski definition) is 3. The van der Waals surface area contributed by atoms with Gasteiger partial charge in [-0.15, -0.1) is 0 Å². The molecular weight excluding hydrogens is 326 g/mol. The third-order valence-electron chi connectivity index (χ3n) is 3.76. The van der Waals surface area contributed by atoms with Gasteiger partial charge in [-0.05, 0) is 60.1 Å². The molecule has 0 aliphatic carbocycles. The first-order valence-corrected chi connectivity index (χ1v) is 9.00. The van der Waals surface area contributed by atoms with E-state index >= 15 is 0 Å². The van der Waals surface area contributed by atoms with Crippen LogP contribution in [0.4, 0.5) is 4.79 Å². The van der Waals surface area contributed by atoms with Gasteiger partial charge in [-0.25, -0.2) is 4.79 Å². The van der Waals surface area contributed by atoms with Crippen LogP contribution in [-0.4, -0.2) is 33.8 Å². The summed E-state index contributed by atoms with van der Waals surface area (Å²) in [5.41, 5.74) is 3.34. The molecular formula is C22H31NO3. The van der Waals surface area contributed by atoms with E-state index in [4.69, 9.17) is 4.74 Å². The van der Waals surface area contributed by atoms with E-state index in [0.29, 0.717) is 5.57 Å². The molecule has 0 atom stereocenters. The molecule has 1 aromatic carbocycles. The molecule has 0 bridgehead atoms. The number of aliphatic hydroxyl groups is 1. The Morgan fingerprint density at radius 3 is 2.12 bits per heavy atom. The van der Waals surface area contributed by atoms with E-state index in [-0.39, 0.29) is 17.8 Å². The monoisotopic (exact) mass is 357 g/mol. The summed E-state index contributed by atoms with van der Waals surface area (Å²) in [5, 5.41) is 10.6. The van der Waals surface area contributed by atoms with Crippen LogP contribution in [0.3, 0.4) is 0 Å². The number of nitrogens with zero attached hydrogens (tertiary/aromatic N) is 1. The number of amides is 1. The SMILES string of the molecule is C/C=C/C(=C=C(c1ccccc1)C(C)(C)O)OC(=O)N(C(C)C)C(C)C. The second-order valence-corrected chi connectivity index (χ2v) is 7.25. The number of hydrogen-bond donors (Lipinski definition) is 1. The van der Waals surface area contributed by atoms with Crippen molar-refractivity contribution in [2.45, 2.75) is 66.2 Å². The van der Waals surface area contributed by atoms with Crippen molar-refractivity contribution in [3.05, 3.63) is 59.5 Å². The molecule has 0 heterocycles. The number of benzene rings is 1. The first-order valence-electron chi connectivity index (χ1n) is 9.00.